The third-order valence-corrected chi connectivity index (χ3v) is 6.36. The van der Waals surface area contributed by atoms with E-state index in [0.29, 0.717) is 0 Å². The minimum Gasteiger partial charge on any atom is -0.497 e. The summed E-state index contributed by atoms with van der Waals surface area (Å²) in [5, 5.41) is 5.65. The summed E-state index contributed by atoms with van der Waals surface area (Å²) >= 11 is 2.54. The van der Waals surface area contributed by atoms with Crippen molar-refractivity contribution in [2.24, 2.45) is 0 Å². The van der Waals surface area contributed by atoms with Crippen molar-refractivity contribution in [3.63, 3.8) is 0 Å². The van der Waals surface area contributed by atoms with Gasteiger partial charge >= 0.3 is 0 Å². The van der Waals surface area contributed by atoms with Gasteiger partial charge in [-0.05, 0) is 70.0 Å². The van der Waals surface area contributed by atoms with E-state index in [-0.39, 0.29) is 0 Å². The highest BCUT2D eigenvalue weighted by Gasteiger charge is 2.21. The monoisotopic (exact) mass is 454 g/mol. The van der Waals surface area contributed by atoms with E-state index >= 15 is 0 Å². The molecule has 0 N–H and O–H groups in total. The Balaban J connectivity index is 0.000000240. The zero-order valence-electron chi connectivity index (χ0n) is 14.8. The summed E-state index contributed by atoms with van der Waals surface area (Å²) in [5.74, 6) is 0.759. The average molecular weight is 454 g/mol. The van der Waals surface area contributed by atoms with E-state index in [9.17, 15) is 0 Å². The molecule has 0 radical (unpaired) electrons. The van der Waals surface area contributed by atoms with Crippen LogP contribution in [0.4, 0.5) is 0 Å². The van der Waals surface area contributed by atoms with Crippen LogP contribution in [0.1, 0.15) is 29.9 Å². The van der Waals surface area contributed by atoms with E-state index in [2.05, 4.69) is 71.1 Å². The van der Waals surface area contributed by atoms with Crippen LogP contribution in [0, 0.1) is 0 Å². The van der Waals surface area contributed by atoms with E-state index in [1.54, 1.807) is 17.4 Å². The van der Waals surface area contributed by atoms with Crippen LogP contribution in [0.25, 0.3) is 21.5 Å². The maximum absolute atomic E-state index is 4.80. The number of rotatable bonds is 1. The van der Waals surface area contributed by atoms with Crippen molar-refractivity contribution in [2.75, 3.05) is 11.0 Å². The first kappa shape index (κ1) is 17.6. The molecule has 3 aromatic rings. The molecular formula is C24H23IO. The first-order valence-electron chi connectivity index (χ1n) is 9.31. The normalized spacial score (nSPS) is 18.1. The maximum Gasteiger partial charge on any atom is 0.106 e. The van der Waals surface area contributed by atoms with Crippen LogP contribution in [0.3, 0.4) is 0 Å². The van der Waals surface area contributed by atoms with E-state index in [4.69, 9.17) is 4.74 Å². The first-order valence-corrected chi connectivity index (χ1v) is 10.8. The Morgan fingerprint density at radius 3 is 2.54 bits per heavy atom. The standard InChI is InChI=1S/C19H17I.C5H6O/c20-12-14-5-3-7-17-16(14)10-11-18-15-6-2-1-4-13(15)8-9-19(17)18;1-2-4-6-5-3-1/h1-2,4,6,8-11,14H,3,5,7,12H2;1-4H,5H2. The SMILES string of the molecule is C1=CCOC=C1.ICC1CCCc2c1ccc1c2ccc2ccccc21. The highest BCUT2D eigenvalue weighted by atomic mass is 127. The van der Waals surface area contributed by atoms with Gasteiger partial charge in [-0.2, -0.15) is 0 Å². The molecule has 2 heteroatoms. The van der Waals surface area contributed by atoms with Gasteiger partial charge in [-0.15, -0.1) is 0 Å². The van der Waals surface area contributed by atoms with Crippen molar-refractivity contribution < 1.29 is 4.74 Å². The minimum atomic E-state index is 0.733. The molecule has 1 aliphatic carbocycles. The number of alkyl halides is 1. The quantitative estimate of drug-likeness (QED) is 0.220. The summed E-state index contributed by atoms with van der Waals surface area (Å²) in [7, 11) is 0. The molecule has 1 aliphatic heterocycles. The fourth-order valence-corrected chi connectivity index (χ4v) is 4.93. The van der Waals surface area contributed by atoms with Crippen LogP contribution in [0.15, 0.2) is 73.0 Å². The molecule has 0 saturated heterocycles. The van der Waals surface area contributed by atoms with Crippen LogP contribution < -0.4 is 0 Å². The van der Waals surface area contributed by atoms with Gasteiger partial charge in [-0.3, -0.25) is 0 Å². The van der Waals surface area contributed by atoms with Crippen molar-refractivity contribution in [3.8, 4) is 0 Å². The summed E-state index contributed by atoms with van der Waals surface area (Å²) in [4.78, 5) is 0. The predicted octanol–water partition coefficient (Wildman–Crippen LogP) is 6.93. The van der Waals surface area contributed by atoms with Crippen molar-refractivity contribution in [2.45, 2.75) is 25.2 Å². The fraction of sp³-hybridized carbons (Fsp3) is 0.250. The number of fused-ring (bicyclic) bond motifs is 5. The molecule has 0 spiro atoms. The molecule has 3 aromatic carbocycles. The van der Waals surface area contributed by atoms with Gasteiger partial charge in [0.1, 0.15) is 6.61 Å². The van der Waals surface area contributed by atoms with Gasteiger partial charge in [-0.25, -0.2) is 0 Å². The Kier molecular flexibility index (Phi) is 5.59. The zero-order valence-corrected chi connectivity index (χ0v) is 17.0. The molecule has 0 aromatic heterocycles. The molecule has 1 nitrogen and oxygen atoms in total. The molecule has 2 aliphatic rings. The third kappa shape index (κ3) is 3.52. The molecule has 0 fully saturated rings. The molecule has 0 saturated carbocycles. The number of halogens is 1. The predicted molar refractivity (Wildman–Crippen MR) is 120 cm³/mol. The second kappa shape index (κ2) is 8.26. The molecule has 1 atom stereocenters. The topological polar surface area (TPSA) is 9.23 Å². The Bertz CT molecular complexity index is 959. The van der Waals surface area contributed by atoms with Crippen molar-refractivity contribution in [3.05, 3.63) is 84.1 Å². The number of ether oxygens (including phenoxy) is 1. The second-order valence-electron chi connectivity index (χ2n) is 6.85. The summed E-state index contributed by atoms with van der Waals surface area (Å²) in [6, 6.07) is 18.1. The van der Waals surface area contributed by atoms with Gasteiger partial charge in [0.2, 0.25) is 0 Å². The van der Waals surface area contributed by atoms with Crippen molar-refractivity contribution in [1.29, 1.82) is 0 Å². The van der Waals surface area contributed by atoms with E-state index in [0.717, 1.165) is 12.5 Å². The molecule has 26 heavy (non-hydrogen) atoms. The molecule has 1 unspecified atom stereocenters. The highest BCUT2D eigenvalue weighted by molar-refractivity contribution is 14.1. The Morgan fingerprint density at radius 2 is 1.81 bits per heavy atom. The van der Waals surface area contributed by atoms with E-state index in [1.165, 1.54) is 45.2 Å². The summed E-state index contributed by atoms with van der Waals surface area (Å²) in [5.41, 5.74) is 3.22. The lowest BCUT2D eigenvalue weighted by atomic mass is 9.81. The number of hydrogen-bond acceptors (Lipinski definition) is 1. The Morgan fingerprint density at radius 1 is 0.923 bits per heavy atom. The van der Waals surface area contributed by atoms with Gasteiger partial charge in [0.05, 0.1) is 6.26 Å². The highest BCUT2D eigenvalue weighted by Crippen LogP contribution is 2.38. The molecule has 0 bridgehead atoms. The largest absolute Gasteiger partial charge is 0.497 e. The number of aryl methyl sites for hydroxylation is 1. The molecular weight excluding hydrogens is 431 g/mol. The van der Waals surface area contributed by atoms with Gasteiger partial charge in [0, 0.05) is 4.43 Å². The molecule has 132 valence electrons. The van der Waals surface area contributed by atoms with Gasteiger partial charge < -0.3 is 4.74 Å². The zero-order chi connectivity index (χ0) is 17.8. The van der Waals surface area contributed by atoms with Crippen LogP contribution in [0.2, 0.25) is 0 Å². The second-order valence-corrected chi connectivity index (χ2v) is 7.73. The van der Waals surface area contributed by atoms with Gasteiger partial charge in [-0.1, -0.05) is 77.2 Å². The van der Waals surface area contributed by atoms with Crippen LogP contribution >= 0.6 is 22.6 Å². The molecule has 1 heterocycles. The van der Waals surface area contributed by atoms with Crippen LogP contribution in [0.5, 0.6) is 0 Å². The number of allylic oxidation sites excluding steroid dienone is 2. The summed E-state index contributed by atoms with van der Waals surface area (Å²) in [6.45, 7) is 0.733. The van der Waals surface area contributed by atoms with Crippen LogP contribution in [-0.4, -0.2) is 11.0 Å². The molecule has 0 amide bonds. The Hall–Kier alpha value is -1.81. The molecule has 5 rings (SSSR count). The van der Waals surface area contributed by atoms with E-state index < -0.39 is 0 Å². The van der Waals surface area contributed by atoms with E-state index in [1.807, 2.05) is 18.2 Å². The minimum absolute atomic E-state index is 0.733. The summed E-state index contributed by atoms with van der Waals surface area (Å²) in [6.07, 6.45) is 11.4. The summed E-state index contributed by atoms with van der Waals surface area (Å²) < 4.78 is 6.04. The number of benzene rings is 3. The third-order valence-electron chi connectivity index (χ3n) is 5.29. The number of hydrogen-bond donors (Lipinski definition) is 0. The van der Waals surface area contributed by atoms with Crippen LogP contribution in [-0.2, 0) is 11.2 Å². The maximum atomic E-state index is 4.80. The first-order chi connectivity index (χ1) is 12.9. The lowest BCUT2D eigenvalue weighted by Gasteiger charge is -2.25. The smallest absolute Gasteiger partial charge is 0.106 e. The van der Waals surface area contributed by atoms with Gasteiger partial charge in [0.25, 0.3) is 0 Å². The lowest BCUT2D eigenvalue weighted by molar-refractivity contribution is 0.286. The van der Waals surface area contributed by atoms with Crippen molar-refractivity contribution >= 4 is 44.1 Å². The van der Waals surface area contributed by atoms with Gasteiger partial charge in [0.15, 0.2) is 0 Å². The fourth-order valence-electron chi connectivity index (χ4n) is 4.02. The average Bonchev–Trinajstić information content (AvgIpc) is 2.74. The Labute approximate surface area is 168 Å². The lowest BCUT2D eigenvalue weighted by Crippen LogP contribution is -2.11. The van der Waals surface area contributed by atoms with Crippen molar-refractivity contribution in [1.82, 2.24) is 0 Å².